The molecule has 2 aromatic carbocycles. The number of nitrogens with one attached hydrogen (secondary N) is 1. The Morgan fingerprint density at radius 2 is 1.87 bits per heavy atom. The average molecular weight is 333 g/mol. The molecule has 2 aromatic rings. The largest absolute Gasteiger partial charge is 0.326 e. The van der Waals surface area contributed by atoms with E-state index in [1.807, 2.05) is 12.1 Å². The van der Waals surface area contributed by atoms with Gasteiger partial charge in [0.05, 0.1) is 0 Å². The Morgan fingerprint density at radius 1 is 1.04 bits per heavy atom. The van der Waals surface area contributed by atoms with Crippen LogP contribution in [-0.4, -0.2) is 11.7 Å². The third kappa shape index (κ3) is 4.10. The van der Waals surface area contributed by atoms with Crippen molar-refractivity contribution in [3.8, 4) is 0 Å². The fourth-order valence-corrected chi connectivity index (χ4v) is 3.58. The second-order valence-electron chi connectivity index (χ2n) is 5.56. The van der Waals surface area contributed by atoms with Crippen LogP contribution in [0.15, 0.2) is 41.3 Å². The zero-order valence-electron chi connectivity index (χ0n) is 12.6. The van der Waals surface area contributed by atoms with Gasteiger partial charge >= 0.3 is 0 Å². The van der Waals surface area contributed by atoms with Crippen molar-refractivity contribution in [1.29, 1.82) is 0 Å². The van der Waals surface area contributed by atoms with Crippen LogP contribution < -0.4 is 5.32 Å². The van der Waals surface area contributed by atoms with E-state index < -0.39 is 11.6 Å². The van der Waals surface area contributed by atoms with E-state index in [-0.39, 0.29) is 5.91 Å². The number of aryl methyl sites for hydroxylation is 2. The van der Waals surface area contributed by atoms with Crippen LogP contribution in [0.1, 0.15) is 24.0 Å². The number of halogens is 2. The normalized spacial score (nSPS) is 13.0. The second-order valence-corrected chi connectivity index (χ2v) is 6.73. The van der Waals surface area contributed by atoms with Crippen LogP contribution in [0.5, 0.6) is 0 Å². The van der Waals surface area contributed by atoms with E-state index in [4.69, 9.17) is 0 Å². The molecule has 120 valence electrons. The summed E-state index contributed by atoms with van der Waals surface area (Å²) in [6.45, 7) is 0. The van der Waals surface area contributed by atoms with Gasteiger partial charge in [-0.15, -0.1) is 11.8 Å². The maximum Gasteiger partial charge on any atom is 0.225 e. The first-order valence-corrected chi connectivity index (χ1v) is 8.60. The molecule has 0 aliphatic heterocycles. The van der Waals surface area contributed by atoms with E-state index in [0.29, 0.717) is 17.1 Å². The Balaban J connectivity index is 1.49. The van der Waals surface area contributed by atoms with E-state index in [0.717, 1.165) is 30.7 Å². The summed E-state index contributed by atoms with van der Waals surface area (Å²) in [6.07, 6.45) is 3.69. The smallest absolute Gasteiger partial charge is 0.225 e. The maximum absolute atomic E-state index is 13.1. The molecule has 0 radical (unpaired) electrons. The predicted octanol–water partition coefficient (Wildman–Crippen LogP) is 4.57. The molecule has 0 saturated carbocycles. The van der Waals surface area contributed by atoms with Crippen molar-refractivity contribution in [2.45, 2.75) is 30.6 Å². The number of rotatable bonds is 5. The highest BCUT2D eigenvalue weighted by Gasteiger charge is 2.12. The number of carbonyl (C=O) groups is 1. The van der Waals surface area contributed by atoms with E-state index in [1.54, 1.807) is 0 Å². The van der Waals surface area contributed by atoms with Gasteiger partial charge in [-0.25, -0.2) is 8.78 Å². The number of benzene rings is 2. The summed E-state index contributed by atoms with van der Waals surface area (Å²) in [5.41, 5.74) is 3.52. The summed E-state index contributed by atoms with van der Waals surface area (Å²) < 4.78 is 25.9. The van der Waals surface area contributed by atoms with Gasteiger partial charge < -0.3 is 5.32 Å². The minimum atomic E-state index is -0.863. The number of hydrogen-bond donors (Lipinski definition) is 1. The highest BCUT2D eigenvalue weighted by molar-refractivity contribution is 7.99. The molecule has 23 heavy (non-hydrogen) atoms. The van der Waals surface area contributed by atoms with Crippen molar-refractivity contribution in [3.05, 3.63) is 59.2 Å². The first kappa shape index (κ1) is 16.0. The van der Waals surface area contributed by atoms with Gasteiger partial charge in [0.2, 0.25) is 5.91 Å². The maximum atomic E-state index is 13.1. The molecule has 2 nitrogen and oxygen atoms in total. The highest BCUT2D eigenvalue weighted by atomic mass is 32.2. The van der Waals surface area contributed by atoms with E-state index in [9.17, 15) is 13.6 Å². The minimum absolute atomic E-state index is 0.0713. The summed E-state index contributed by atoms with van der Waals surface area (Å²) in [6, 6.07) is 9.82. The van der Waals surface area contributed by atoms with Crippen molar-refractivity contribution in [3.63, 3.8) is 0 Å². The lowest BCUT2D eigenvalue weighted by Gasteiger charge is -2.07. The molecule has 0 unspecified atom stereocenters. The molecule has 3 rings (SSSR count). The highest BCUT2D eigenvalue weighted by Crippen LogP contribution is 2.25. The topological polar surface area (TPSA) is 29.1 Å². The summed E-state index contributed by atoms with van der Waals surface area (Å²) in [5, 5.41) is 2.89. The quantitative estimate of drug-likeness (QED) is 0.812. The molecule has 0 fully saturated rings. The lowest BCUT2D eigenvalue weighted by Crippen LogP contribution is -2.12. The minimum Gasteiger partial charge on any atom is -0.326 e. The Morgan fingerprint density at radius 3 is 2.70 bits per heavy atom. The van der Waals surface area contributed by atoms with Crippen LogP contribution in [0.2, 0.25) is 0 Å². The molecule has 0 spiro atoms. The molecule has 1 aliphatic carbocycles. The first-order chi connectivity index (χ1) is 11.1. The lowest BCUT2D eigenvalue weighted by atomic mass is 10.1. The van der Waals surface area contributed by atoms with Gasteiger partial charge in [-0.05, 0) is 60.7 Å². The molecular weight excluding hydrogens is 316 g/mol. The molecule has 1 aliphatic rings. The van der Waals surface area contributed by atoms with Crippen molar-refractivity contribution < 1.29 is 13.6 Å². The Labute approximate surface area is 138 Å². The SMILES string of the molecule is O=C(CCSc1ccc(F)c(F)c1)Nc1ccc2c(c1)CCC2. The molecule has 0 bridgehead atoms. The lowest BCUT2D eigenvalue weighted by molar-refractivity contribution is -0.115. The van der Waals surface area contributed by atoms with E-state index in [2.05, 4.69) is 11.4 Å². The summed E-state index contributed by atoms with van der Waals surface area (Å²) >= 11 is 1.33. The zero-order chi connectivity index (χ0) is 16.2. The van der Waals surface area contributed by atoms with Gasteiger partial charge in [0.15, 0.2) is 11.6 Å². The standard InChI is InChI=1S/C18H17F2NOS/c19-16-7-6-15(11-17(16)20)23-9-8-18(22)21-14-5-4-12-2-1-3-13(12)10-14/h4-7,10-11H,1-3,8-9H2,(H,21,22). The molecule has 0 atom stereocenters. The van der Waals surface area contributed by atoms with Crippen LogP contribution in [0.3, 0.4) is 0 Å². The van der Waals surface area contributed by atoms with Crippen LogP contribution >= 0.6 is 11.8 Å². The van der Waals surface area contributed by atoms with Gasteiger partial charge in [-0.3, -0.25) is 4.79 Å². The Bertz CT molecular complexity index is 733. The van der Waals surface area contributed by atoms with Gasteiger partial charge in [-0.2, -0.15) is 0 Å². The van der Waals surface area contributed by atoms with Crippen LogP contribution in [0, 0.1) is 11.6 Å². The predicted molar refractivity (Wildman–Crippen MR) is 88.8 cm³/mol. The van der Waals surface area contributed by atoms with Crippen LogP contribution in [-0.2, 0) is 17.6 Å². The number of carbonyl (C=O) groups excluding carboxylic acids is 1. The number of amides is 1. The number of thioether (sulfide) groups is 1. The summed E-state index contributed by atoms with van der Waals surface area (Å²) in [4.78, 5) is 12.6. The van der Waals surface area contributed by atoms with Crippen molar-refractivity contribution in [2.24, 2.45) is 0 Å². The summed E-state index contributed by atoms with van der Waals surface area (Å²) in [7, 11) is 0. The second kappa shape index (κ2) is 7.13. The van der Waals surface area contributed by atoms with Crippen molar-refractivity contribution in [2.75, 3.05) is 11.1 Å². The molecular formula is C18H17F2NOS. The zero-order valence-corrected chi connectivity index (χ0v) is 13.4. The number of anilines is 1. The fourth-order valence-electron chi connectivity index (χ4n) is 2.70. The third-order valence-electron chi connectivity index (χ3n) is 3.87. The first-order valence-electron chi connectivity index (χ1n) is 7.61. The van der Waals surface area contributed by atoms with E-state index >= 15 is 0 Å². The van der Waals surface area contributed by atoms with Gasteiger partial charge in [0.25, 0.3) is 0 Å². The monoisotopic (exact) mass is 333 g/mol. The number of hydrogen-bond acceptors (Lipinski definition) is 2. The molecule has 5 heteroatoms. The molecule has 1 N–H and O–H groups in total. The Hall–Kier alpha value is -1.88. The molecule has 0 saturated heterocycles. The van der Waals surface area contributed by atoms with Crippen LogP contribution in [0.4, 0.5) is 14.5 Å². The number of fused-ring (bicyclic) bond motifs is 1. The fraction of sp³-hybridized carbons (Fsp3) is 0.278. The third-order valence-corrected chi connectivity index (χ3v) is 4.87. The summed E-state index contributed by atoms with van der Waals surface area (Å²) in [5.74, 6) is -1.28. The van der Waals surface area contributed by atoms with Crippen molar-refractivity contribution in [1.82, 2.24) is 0 Å². The van der Waals surface area contributed by atoms with Gasteiger partial charge in [-0.1, -0.05) is 6.07 Å². The molecule has 0 aromatic heterocycles. The van der Waals surface area contributed by atoms with Gasteiger partial charge in [0.1, 0.15) is 0 Å². The average Bonchev–Trinajstić information content (AvgIpc) is 2.98. The van der Waals surface area contributed by atoms with Gasteiger partial charge in [0, 0.05) is 22.8 Å². The van der Waals surface area contributed by atoms with Crippen molar-refractivity contribution >= 4 is 23.4 Å². The van der Waals surface area contributed by atoms with E-state index in [1.165, 1.54) is 35.4 Å². The Kier molecular flexibility index (Phi) is 4.96. The molecule has 0 heterocycles. The molecule has 1 amide bonds. The van der Waals surface area contributed by atoms with Crippen LogP contribution in [0.25, 0.3) is 0 Å².